The van der Waals surface area contributed by atoms with Crippen LogP contribution in [0.15, 0.2) is 24.3 Å². The predicted molar refractivity (Wildman–Crippen MR) is 91.4 cm³/mol. The van der Waals surface area contributed by atoms with Gasteiger partial charge in [0.15, 0.2) is 0 Å². The molecule has 0 saturated carbocycles. The Labute approximate surface area is 138 Å². The zero-order chi connectivity index (χ0) is 18.0. The van der Waals surface area contributed by atoms with Gasteiger partial charge >= 0.3 is 0 Å². The minimum atomic E-state index is -1.39. The van der Waals surface area contributed by atoms with Gasteiger partial charge in [0.05, 0.1) is 5.97 Å². The van der Waals surface area contributed by atoms with E-state index < -0.39 is 11.9 Å². The molecule has 1 rings (SSSR count). The Morgan fingerprint density at radius 2 is 1.57 bits per heavy atom. The molecule has 4 nitrogen and oxygen atoms in total. The molecule has 4 heteroatoms. The van der Waals surface area contributed by atoms with E-state index in [-0.39, 0.29) is 10.8 Å². The minimum absolute atomic E-state index is 0.00216. The number of carboxylic acids is 1. The van der Waals surface area contributed by atoms with Crippen LogP contribution in [0.2, 0.25) is 0 Å². The molecule has 1 aromatic rings. The average molecular weight is 316 g/mol. The van der Waals surface area contributed by atoms with Crippen molar-refractivity contribution in [1.82, 2.24) is 0 Å². The van der Waals surface area contributed by atoms with Gasteiger partial charge in [-0.05, 0) is 40.5 Å². The van der Waals surface area contributed by atoms with Crippen LogP contribution in [-0.4, -0.2) is 11.9 Å². The molecule has 0 saturated heterocycles. The first-order chi connectivity index (χ1) is 10.3. The lowest BCUT2D eigenvalue weighted by Gasteiger charge is -2.29. The van der Waals surface area contributed by atoms with E-state index in [9.17, 15) is 14.7 Å². The van der Waals surface area contributed by atoms with Gasteiger partial charge in [-0.15, -0.1) is 0 Å². The van der Waals surface area contributed by atoms with Crippen LogP contribution in [0.3, 0.4) is 0 Å². The number of carbonyl (C=O) groups is 2. The number of carbonyl (C=O) groups excluding carboxylic acids is 2. The highest BCUT2D eigenvalue weighted by molar-refractivity contribution is 6.03. The lowest BCUT2D eigenvalue weighted by molar-refractivity contribution is -0.297. The molecule has 0 radical (unpaired) electrons. The smallest absolute Gasteiger partial charge is 0.248 e. The van der Waals surface area contributed by atoms with E-state index in [4.69, 9.17) is 0 Å². The van der Waals surface area contributed by atoms with Crippen LogP contribution in [0.25, 0.3) is 0 Å². The summed E-state index contributed by atoms with van der Waals surface area (Å²) in [6.45, 7) is 14.6. The predicted octanol–water partition coefficient (Wildman–Crippen LogP) is 2.83. The van der Waals surface area contributed by atoms with Gasteiger partial charge in [-0.25, -0.2) is 0 Å². The summed E-state index contributed by atoms with van der Waals surface area (Å²) in [4.78, 5) is 22.4. The average Bonchev–Trinajstić information content (AvgIpc) is 2.35. The highest BCUT2D eigenvalue weighted by Crippen LogP contribution is 2.36. The number of aliphatic carboxylic acids is 1. The Morgan fingerprint density at radius 3 is 2.00 bits per heavy atom. The van der Waals surface area contributed by atoms with Crippen LogP contribution in [0, 0.1) is 6.92 Å². The second-order valence-electron chi connectivity index (χ2n) is 7.86. The fourth-order valence-corrected chi connectivity index (χ4v) is 2.29. The summed E-state index contributed by atoms with van der Waals surface area (Å²) >= 11 is 0. The van der Waals surface area contributed by atoms with Crippen molar-refractivity contribution >= 4 is 17.6 Å². The molecule has 0 unspecified atom stereocenters. The third-order valence-electron chi connectivity index (χ3n) is 3.63. The Morgan fingerprint density at radius 1 is 1.00 bits per heavy atom. The minimum Gasteiger partial charge on any atom is -0.545 e. The Balaban J connectivity index is 3.37. The van der Waals surface area contributed by atoms with Gasteiger partial charge in [0, 0.05) is 11.8 Å². The van der Waals surface area contributed by atoms with Crippen LogP contribution in [0.5, 0.6) is 0 Å². The summed E-state index contributed by atoms with van der Waals surface area (Å²) in [5.74, 6) is -1.87. The summed E-state index contributed by atoms with van der Waals surface area (Å²) in [5, 5.41) is 13.2. The molecule has 1 amide bonds. The molecule has 0 heterocycles. The fourth-order valence-electron chi connectivity index (χ4n) is 2.29. The first-order valence-corrected chi connectivity index (χ1v) is 7.68. The Hall–Kier alpha value is -2.10. The molecule has 1 aromatic carbocycles. The Kier molecular flexibility index (Phi) is 5.41. The van der Waals surface area contributed by atoms with Crippen molar-refractivity contribution in [2.45, 2.75) is 59.3 Å². The van der Waals surface area contributed by atoms with Crippen molar-refractivity contribution < 1.29 is 14.7 Å². The molecule has 126 valence electrons. The van der Waals surface area contributed by atoms with Gasteiger partial charge in [0.25, 0.3) is 0 Å². The van der Waals surface area contributed by atoms with E-state index in [0.717, 1.165) is 29.0 Å². The first kappa shape index (κ1) is 18.9. The zero-order valence-corrected chi connectivity index (χ0v) is 15.0. The molecule has 0 spiro atoms. The maximum atomic E-state index is 11.9. The second-order valence-corrected chi connectivity index (χ2v) is 7.86. The summed E-state index contributed by atoms with van der Waals surface area (Å²) in [6.07, 6.45) is 1.70. The van der Waals surface area contributed by atoms with Crippen molar-refractivity contribution in [2.75, 3.05) is 5.32 Å². The molecule has 0 aromatic heterocycles. The van der Waals surface area contributed by atoms with E-state index in [1.165, 1.54) is 5.56 Å². The van der Waals surface area contributed by atoms with Gasteiger partial charge in [-0.2, -0.15) is 0 Å². The lowest BCUT2D eigenvalue weighted by Crippen LogP contribution is -2.22. The molecule has 0 bridgehead atoms. The molecule has 0 atom stereocenters. The summed E-state index contributed by atoms with van der Waals surface area (Å²) in [6, 6.07) is 4.18. The van der Waals surface area contributed by atoms with Gasteiger partial charge in [-0.1, -0.05) is 53.7 Å². The molecule has 0 aliphatic rings. The van der Waals surface area contributed by atoms with Crippen molar-refractivity contribution in [3.63, 3.8) is 0 Å². The van der Waals surface area contributed by atoms with E-state index in [1.807, 2.05) is 6.92 Å². The molecular formula is C19H26NO3-. The van der Waals surface area contributed by atoms with Crippen LogP contribution in [0.4, 0.5) is 5.69 Å². The number of amides is 1. The number of aryl methyl sites for hydroxylation is 1. The number of benzene rings is 1. The number of rotatable bonds is 3. The number of anilines is 1. The van der Waals surface area contributed by atoms with Crippen LogP contribution in [-0.2, 0) is 20.4 Å². The molecule has 23 heavy (non-hydrogen) atoms. The van der Waals surface area contributed by atoms with E-state index in [2.05, 4.69) is 59.0 Å². The van der Waals surface area contributed by atoms with Crippen molar-refractivity contribution in [1.29, 1.82) is 0 Å². The molecular weight excluding hydrogens is 290 g/mol. The fraction of sp³-hybridized carbons (Fsp3) is 0.474. The van der Waals surface area contributed by atoms with Crippen molar-refractivity contribution in [3.8, 4) is 0 Å². The summed E-state index contributed by atoms with van der Waals surface area (Å²) in [7, 11) is 0. The normalized spacial score (nSPS) is 12.5. The highest BCUT2D eigenvalue weighted by Gasteiger charge is 2.24. The first-order valence-electron chi connectivity index (χ1n) is 7.68. The topological polar surface area (TPSA) is 69.2 Å². The van der Waals surface area contributed by atoms with E-state index >= 15 is 0 Å². The maximum Gasteiger partial charge on any atom is 0.248 e. The molecule has 0 aliphatic carbocycles. The standard InChI is InChI=1S/C19H27NO3/c1-12-10-13(18(2,3)4)11-14(19(5,6)7)17(12)20-15(21)8-9-16(22)23/h8-11H,1-7H3,(H,20,21)(H,22,23)/p-1. The van der Waals surface area contributed by atoms with Crippen molar-refractivity contribution in [2.24, 2.45) is 0 Å². The van der Waals surface area contributed by atoms with Crippen LogP contribution in [0.1, 0.15) is 58.2 Å². The quantitative estimate of drug-likeness (QED) is 0.872. The van der Waals surface area contributed by atoms with Crippen LogP contribution >= 0.6 is 0 Å². The highest BCUT2D eigenvalue weighted by atomic mass is 16.4. The Bertz CT molecular complexity index is 644. The summed E-state index contributed by atoms with van der Waals surface area (Å²) in [5.41, 5.74) is 3.76. The number of hydrogen-bond donors (Lipinski definition) is 1. The van der Waals surface area contributed by atoms with E-state index in [0.29, 0.717) is 0 Å². The number of carboxylic acid groups (broad SMARTS) is 1. The largest absolute Gasteiger partial charge is 0.545 e. The SMILES string of the molecule is Cc1cc(C(C)(C)C)cc(C(C)(C)C)c1NC(=O)C=CC(=O)[O-]. The van der Waals surface area contributed by atoms with Crippen molar-refractivity contribution in [3.05, 3.63) is 41.0 Å². The van der Waals surface area contributed by atoms with Crippen LogP contribution < -0.4 is 10.4 Å². The maximum absolute atomic E-state index is 11.9. The second kappa shape index (κ2) is 6.57. The molecule has 0 aliphatic heterocycles. The van der Waals surface area contributed by atoms with Gasteiger partial charge < -0.3 is 15.2 Å². The van der Waals surface area contributed by atoms with Gasteiger partial charge in [0.1, 0.15) is 0 Å². The number of hydrogen-bond acceptors (Lipinski definition) is 3. The lowest BCUT2D eigenvalue weighted by atomic mass is 9.78. The third kappa shape index (κ3) is 5.23. The number of nitrogens with one attached hydrogen (secondary N) is 1. The molecule has 1 N–H and O–H groups in total. The van der Waals surface area contributed by atoms with Gasteiger partial charge in [0.2, 0.25) is 5.91 Å². The third-order valence-corrected chi connectivity index (χ3v) is 3.63. The molecule has 0 fully saturated rings. The monoisotopic (exact) mass is 316 g/mol. The zero-order valence-electron chi connectivity index (χ0n) is 15.0. The summed E-state index contributed by atoms with van der Waals surface area (Å²) < 4.78 is 0. The van der Waals surface area contributed by atoms with E-state index in [1.54, 1.807) is 0 Å². The van der Waals surface area contributed by atoms with Gasteiger partial charge in [-0.3, -0.25) is 4.79 Å².